The van der Waals surface area contributed by atoms with Crippen LogP contribution in [0.5, 0.6) is 0 Å². The van der Waals surface area contributed by atoms with Crippen molar-refractivity contribution in [3.05, 3.63) is 0 Å². The molecule has 0 aliphatic rings. The van der Waals surface area contributed by atoms with Crippen LogP contribution in [0.15, 0.2) is 0 Å². The van der Waals surface area contributed by atoms with Crippen LogP contribution in [0.25, 0.3) is 0 Å². The Morgan fingerprint density at radius 3 is 1.26 bits per heavy atom. The van der Waals surface area contributed by atoms with Crippen LogP contribution < -0.4 is 5.32 Å². The van der Waals surface area contributed by atoms with Gasteiger partial charge in [-0.2, -0.15) is 0 Å². The van der Waals surface area contributed by atoms with Gasteiger partial charge in [-0.1, -0.05) is 0 Å². The van der Waals surface area contributed by atoms with Gasteiger partial charge in [0.05, 0.1) is 72.7 Å². The summed E-state index contributed by atoms with van der Waals surface area (Å²) in [5.41, 5.74) is -1.02. The third-order valence-electron chi connectivity index (χ3n) is 3.41. The van der Waals surface area contributed by atoms with Gasteiger partial charge in [0.15, 0.2) is 0 Å². The van der Waals surface area contributed by atoms with Crippen LogP contribution in [-0.2, 0) is 42.7 Å². The molecule has 0 saturated heterocycles. The fourth-order valence-electron chi connectivity index (χ4n) is 2.17. The largest absolute Gasteiger partial charge is 0.458 e. The van der Waals surface area contributed by atoms with Gasteiger partial charge in [-0.3, -0.25) is 0 Å². The molecular formula is C23H45NO10. The van der Waals surface area contributed by atoms with E-state index in [9.17, 15) is 9.59 Å². The van der Waals surface area contributed by atoms with Crippen molar-refractivity contribution in [1.29, 1.82) is 0 Å². The van der Waals surface area contributed by atoms with Gasteiger partial charge in [-0.15, -0.1) is 0 Å². The highest BCUT2D eigenvalue weighted by Crippen LogP contribution is 2.07. The quantitative estimate of drug-likeness (QED) is 0.198. The first-order chi connectivity index (χ1) is 16.0. The highest BCUT2D eigenvalue weighted by molar-refractivity contribution is 5.71. The number of alkyl carbamates (subject to hydrolysis) is 1. The maximum Gasteiger partial charge on any atom is 0.407 e. The third kappa shape index (κ3) is 26.7. The summed E-state index contributed by atoms with van der Waals surface area (Å²) in [5.74, 6) is -0.390. The number of nitrogens with one attached hydrogen (secondary N) is 1. The van der Waals surface area contributed by atoms with E-state index in [0.717, 1.165) is 0 Å². The second-order valence-corrected chi connectivity index (χ2v) is 9.13. The van der Waals surface area contributed by atoms with E-state index in [0.29, 0.717) is 79.2 Å². The van der Waals surface area contributed by atoms with Gasteiger partial charge in [0, 0.05) is 6.54 Å². The van der Waals surface area contributed by atoms with E-state index in [4.69, 9.17) is 37.9 Å². The van der Waals surface area contributed by atoms with Crippen LogP contribution in [0.3, 0.4) is 0 Å². The van der Waals surface area contributed by atoms with Crippen LogP contribution in [0.1, 0.15) is 41.5 Å². The highest BCUT2D eigenvalue weighted by atomic mass is 16.6. The number of hydrogen-bond acceptors (Lipinski definition) is 10. The number of hydrogen-bond donors (Lipinski definition) is 1. The van der Waals surface area contributed by atoms with Crippen LogP contribution in [-0.4, -0.2) is 109 Å². The van der Waals surface area contributed by atoms with Crippen molar-refractivity contribution in [2.45, 2.75) is 52.7 Å². The van der Waals surface area contributed by atoms with E-state index < -0.39 is 17.3 Å². The van der Waals surface area contributed by atoms with Crippen molar-refractivity contribution >= 4 is 12.1 Å². The Kier molecular flexibility index (Phi) is 18.9. The molecule has 0 aliphatic carbocycles. The zero-order chi connectivity index (χ0) is 25.7. The lowest BCUT2D eigenvalue weighted by Crippen LogP contribution is -2.34. The second-order valence-electron chi connectivity index (χ2n) is 9.13. The van der Waals surface area contributed by atoms with E-state index >= 15 is 0 Å². The smallest absolute Gasteiger partial charge is 0.407 e. The Labute approximate surface area is 204 Å². The van der Waals surface area contributed by atoms with Gasteiger partial charge in [-0.05, 0) is 41.5 Å². The lowest BCUT2D eigenvalue weighted by Gasteiger charge is -2.19. The molecule has 0 atom stereocenters. The van der Waals surface area contributed by atoms with Gasteiger partial charge in [0.1, 0.15) is 17.8 Å². The normalized spacial score (nSPS) is 11.9. The Bertz CT molecular complexity index is 471. The van der Waals surface area contributed by atoms with Crippen molar-refractivity contribution in [3.63, 3.8) is 0 Å². The maximum absolute atomic E-state index is 11.4. The topological polar surface area (TPSA) is 120 Å². The number of carbonyl (C=O) groups excluding carboxylic acids is 2. The van der Waals surface area contributed by atoms with Gasteiger partial charge in [0.25, 0.3) is 0 Å². The summed E-state index contributed by atoms with van der Waals surface area (Å²) in [6.07, 6.45) is -0.456. The van der Waals surface area contributed by atoms with Crippen LogP contribution >= 0.6 is 0 Å². The highest BCUT2D eigenvalue weighted by Gasteiger charge is 2.16. The predicted molar refractivity (Wildman–Crippen MR) is 125 cm³/mol. The molecule has 0 aliphatic heterocycles. The average molecular weight is 496 g/mol. The van der Waals surface area contributed by atoms with Gasteiger partial charge >= 0.3 is 12.1 Å². The van der Waals surface area contributed by atoms with E-state index in [1.54, 1.807) is 0 Å². The Morgan fingerprint density at radius 1 is 0.529 bits per heavy atom. The predicted octanol–water partition coefficient (Wildman–Crippen LogP) is 1.95. The molecule has 0 spiro atoms. The number of carbonyl (C=O) groups is 2. The summed E-state index contributed by atoms with van der Waals surface area (Å²) in [6, 6.07) is 0. The van der Waals surface area contributed by atoms with Crippen LogP contribution in [0.2, 0.25) is 0 Å². The van der Waals surface area contributed by atoms with E-state index in [1.165, 1.54) is 0 Å². The minimum atomic E-state index is -0.510. The zero-order valence-corrected chi connectivity index (χ0v) is 21.8. The molecule has 0 aromatic heterocycles. The van der Waals surface area contributed by atoms with Crippen molar-refractivity contribution in [2.24, 2.45) is 0 Å². The number of rotatable bonds is 20. The number of amides is 1. The first-order valence-corrected chi connectivity index (χ1v) is 11.6. The summed E-state index contributed by atoms with van der Waals surface area (Å²) in [5, 5.41) is 2.62. The van der Waals surface area contributed by atoms with Crippen LogP contribution in [0.4, 0.5) is 4.79 Å². The Balaban J connectivity index is 3.21. The summed E-state index contributed by atoms with van der Waals surface area (Å²) in [7, 11) is 0. The van der Waals surface area contributed by atoms with Gasteiger partial charge < -0.3 is 43.2 Å². The third-order valence-corrected chi connectivity index (χ3v) is 3.41. The molecule has 11 heteroatoms. The standard InChI is InChI=1S/C23H45NO10/c1-22(2,3)33-20(25)19-32-18-17-31-16-15-30-14-13-29-12-11-28-10-9-27-8-7-24-21(26)34-23(4,5)6/h7-19H2,1-6H3,(H,24,26). The molecule has 0 bridgehead atoms. The second kappa shape index (κ2) is 19.8. The van der Waals surface area contributed by atoms with Crippen molar-refractivity contribution in [1.82, 2.24) is 5.32 Å². The zero-order valence-electron chi connectivity index (χ0n) is 21.8. The molecule has 1 amide bonds. The summed E-state index contributed by atoms with van der Waals surface area (Å²) >= 11 is 0. The molecule has 0 aromatic rings. The molecule has 202 valence electrons. The minimum Gasteiger partial charge on any atom is -0.458 e. The molecule has 0 saturated carbocycles. The molecule has 11 nitrogen and oxygen atoms in total. The molecule has 34 heavy (non-hydrogen) atoms. The number of esters is 1. The summed E-state index contributed by atoms with van der Waals surface area (Å²) in [4.78, 5) is 22.9. The fourth-order valence-corrected chi connectivity index (χ4v) is 2.17. The van der Waals surface area contributed by atoms with E-state index in [-0.39, 0.29) is 12.6 Å². The van der Waals surface area contributed by atoms with Crippen LogP contribution in [0, 0.1) is 0 Å². The first-order valence-electron chi connectivity index (χ1n) is 11.6. The monoisotopic (exact) mass is 495 g/mol. The molecule has 0 fully saturated rings. The number of ether oxygens (including phenoxy) is 8. The van der Waals surface area contributed by atoms with Crippen molar-refractivity contribution in [2.75, 3.05) is 85.8 Å². The van der Waals surface area contributed by atoms with Crippen molar-refractivity contribution in [3.8, 4) is 0 Å². The summed E-state index contributed by atoms with van der Waals surface area (Å²) in [6.45, 7) is 15.9. The minimum absolute atomic E-state index is 0.0848. The Hall–Kier alpha value is -1.50. The average Bonchev–Trinajstić information content (AvgIpc) is 2.69. The van der Waals surface area contributed by atoms with E-state index in [2.05, 4.69) is 5.32 Å². The lowest BCUT2D eigenvalue weighted by molar-refractivity contribution is -0.160. The van der Waals surface area contributed by atoms with E-state index in [1.807, 2.05) is 41.5 Å². The Morgan fingerprint density at radius 2 is 0.882 bits per heavy atom. The SMILES string of the molecule is CC(C)(C)OC(=O)COCCOCCOCCOCCOCCOCCNC(=O)OC(C)(C)C. The molecule has 0 unspecified atom stereocenters. The lowest BCUT2D eigenvalue weighted by atomic mass is 10.2. The molecule has 0 rings (SSSR count). The molecule has 1 N–H and O–H groups in total. The first kappa shape index (κ1) is 32.5. The van der Waals surface area contributed by atoms with Crippen molar-refractivity contribution < 1.29 is 47.5 Å². The van der Waals surface area contributed by atoms with Gasteiger partial charge in [-0.25, -0.2) is 9.59 Å². The molecule has 0 aromatic carbocycles. The molecular weight excluding hydrogens is 450 g/mol. The molecule has 0 heterocycles. The molecule has 0 radical (unpaired) electrons. The van der Waals surface area contributed by atoms with Gasteiger partial charge in [0.2, 0.25) is 0 Å². The maximum atomic E-state index is 11.4. The summed E-state index contributed by atoms with van der Waals surface area (Å²) < 4.78 is 42.3. The fraction of sp³-hybridized carbons (Fsp3) is 0.913.